The van der Waals surface area contributed by atoms with Gasteiger partial charge in [-0.15, -0.1) is 10.2 Å². The Morgan fingerprint density at radius 1 is 1.00 bits per heavy atom. The Labute approximate surface area is 203 Å². The van der Waals surface area contributed by atoms with E-state index in [-0.39, 0.29) is 11.6 Å². The summed E-state index contributed by atoms with van der Waals surface area (Å²) in [6, 6.07) is 22.3. The predicted octanol–water partition coefficient (Wildman–Crippen LogP) is 4.88. The van der Waals surface area contributed by atoms with Crippen LogP contribution in [0.5, 0.6) is 0 Å². The normalized spacial score (nSPS) is 12.1. The van der Waals surface area contributed by atoms with Crippen molar-refractivity contribution in [1.29, 1.82) is 0 Å². The summed E-state index contributed by atoms with van der Waals surface area (Å²) in [5, 5.41) is 12.4. The third-order valence-electron chi connectivity index (χ3n) is 5.19. The van der Waals surface area contributed by atoms with Gasteiger partial charge in [-0.1, -0.05) is 41.6 Å². The van der Waals surface area contributed by atoms with Crippen molar-refractivity contribution in [1.82, 2.24) is 24.7 Å². The molecule has 0 spiro atoms. The van der Waals surface area contributed by atoms with E-state index in [9.17, 15) is 9.59 Å². The van der Waals surface area contributed by atoms with Crippen LogP contribution >= 0.6 is 23.4 Å². The molecule has 0 saturated carbocycles. The number of fused-ring (bicyclic) bond motifs is 1. The number of para-hydroxylation sites is 1. The van der Waals surface area contributed by atoms with Crippen LogP contribution in [0.15, 0.2) is 82.7 Å². The number of carbonyl (C=O) groups excluding carboxylic acids is 1. The lowest BCUT2D eigenvalue weighted by Crippen LogP contribution is -2.22. The van der Waals surface area contributed by atoms with Gasteiger partial charge in [0.15, 0.2) is 11.0 Å². The number of amides is 1. The van der Waals surface area contributed by atoms with E-state index in [0.717, 1.165) is 11.3 Å². The molecule has 10 heteroatoms. The smallest absolute Gasteiger partial charge is 0.323 e. The first-order valence-corrected chi connectivity index (χ1v) is 11.7. The van der Waals surface area contributed by atoms with Crippen molar-refractivity contribution in [3.63, 3.8) is 0 Å². The first-order valence-electron chi connectivity index (χ1n) is 10.4. The minimum atomic E-state index is -0.467. The highest BCUT2D eigenvalue weighted by atomic mass is 35.5. The molecule has 0 fully saturated rings. The number of halogens is 1. The van der Waals surface area contributed by atoms with Crippen LogP contribution in [0.1, 0.15) is 6.92 Å². The Bertz CT molecular complexity index is 1520. The molecule has 170 valence electrons. The van der Waals surface area contributed by atoms with E-state index in [1.165, 1.54) is 11.8 Å². The van der Waals surface area contributed by atoms with Crippen LogP contribution in [0.3, 0.4) is 0 Å². The van der Waals surface area contributed by atoms with Crippen molar-refractivity contribution >= 4 is 46.0 Å². The van der Waals surface area contributed by atoms with Crippen LogP contribution in [-0.4, -0.2) is 35.9 Å². The number of carbonyl (C=O) groups is 1. The molecular weight excluding hydrogens is 472 g/mol. The SMILES string of the molecule is CC(Sc1nnc(-c2ccc(Cl)cc2)n1-c1ccccc1)C(=O)Nc1ccc2[nH]c(=O)[nH]c2c1. The molecule has 0 aliphatic rings. The fourth-order valence-corrected chi connectivity index (χ4v) is 4.50. The second-order valence-electron chi connectivity index (χ2n) is 7.57. The molecule has 8 nitrogen and oxygen atoms in total. The summed E-state index contributed by atoms with van der Waals surface area (Å²) in [4.78, 5) is 29.8. The lowest BCUT2D eigenvalue weighted by Gasteiger charge is -2.14. The molecule has 1 amide bonds. The molecule has 3 N–H and O–H groups in total. The Kier molecular flexibility index (Phi) is 5.95. The topological polar surface area (TPSA) is 108 Å². The maximum atomic E-state index is 12.9. The third kappa shape index (κ3) is 4.48. The van der Waals surface area contributed by atoms with Crippen molar-refractivity contribution in [2.24, 2.45) is 0 Å². The summed E-state index contributed by atoms with van der Waals surface area (Å²) in [5.74, 6) is 0.456. The summed E-state index contributed by atoms with van der Waals surface area (Å²) in [7, 11) is 0. The second-order valence-corrected chi connectivity index (χ2v) is 9.32. The maximum absolute atomic E-state index is 12.9. The van der Waals surface area contributed by atoms with Gasteiger partial charge in [-0.2, -0.15) is 0 Å². The van der Waals surface area contributed by atoms with Gasteiger partial charge in [0.1, 0.15) is 0 Å². The minimum Gasteiger partial charge on any atom is -0.325 e. The van der Waals surface area contributed by atoms with E-state index in [1.807, 2.05) is 54.0 Å². The van der Waals surface area contributed by atoms with Gasteiger partial charge in [-0.3, -0.25) is 9.36 Å². The molecule has 5 aromatic rings. The summed E-state index contributed by atoms with van der Waals surface area (Å²) in [6.07, 6.45) is 0. The van der Waals surface area contributed by atoms with Crippen LogP contribution in [0, 0.1) is 0 Å². The van der Waals surface area contributed by atoms with Gasteiger partial charge in [0.2, 0.25) is 5.91 Å². The number of aromatic nitrogens is 5. The number of thioether (sulfide) groups is 1. The summed E-state index contributed by atoms with van der Waals surface area (Å²) >= 11 is 7.36. The molecule has 1 unspecified atom stereocenters. The second kappa shape index (κ2) is 9.20. The highest BCUT2D eigenvalue weighted by Gasteiger charge is 2.22. The minimum absolute atomic E-state index is 0.196. The van der Waals surface area contributed by atoms with Crippen LogP contribution in [0.25, 0.3) is 28.1 Å². The highest BCUT2D eigenvalue weighted by Crippen LogP contribution is 2.31. The standard InChI is InChI=1S/C24H19ClN6O2S/c1-14(22(32)26-17-11-12-19-20(13-17)28-23(33)27-19)34-24-30-29-21(15-7-9-16(25)10-8-15)31(24)18-5-3-2-4-6-18/h2-14H,1H3,(H,26,32)(H2,27,28,33). The molecule has 2 aromatic heterocycles. The number of nitrogens with one attached hydrogen (secondary N) is 3. The van der Waals surface area contributed by atoms with Gasteiger partial charge in [0.25, 0.3) is 0 Å². The Balaban J connectivity index is 1.42. The fraction of sp³-hybridized carbons (Fsp3) is 0.0833. The molecule has 2 heterocycles. The zero-order valence-electron chi connectivity index (χ0n) is 17.9. The van der Waals surface area contributed by atoms with E-state index in [0.29, 0.717) is 32.7 Å². The maximum Gasteiger partial charge on any atom is 0.323 e. The quantitative estimate of drug-likeness (QED) is 0.294. The first-order chi connectivity index (χ1) is 16.5. The van der Waals surface area contributed by atoms with E-state index in [1.54, 1.807) is 30.3 Å². The zero-order valence-corrected chi connectivity index (χ0v) is 19.5. The van der Waals surface area contributed by atoms with Gasteiger partial charge in [-0.05, 0) is 61.5 Å². The van der Waals surface area contributed by atoms with E-state index in [2.05, 4.69) is 25.5 Å². The van der Waals surface area contributed by atoms with Gasteiger partial charge in [-0.25, -0.2) is 4.79 Å². The number of aromatic amines is 2. The number of H-pyrrole nitrogens is 2. The number of nitrogens with zero attached hydrogens (tertiary/aromatic N) is 3. The van der Waals surface area contributed by atoms with Crippen LogP contribution in [0.2, 0.25) is 5.02 Å². The first kappa shape index (κ1) is 22.0. The van der Waals surface area contributed by atoms with Crippen LogP contribution in [-0.2, 0) is 4.79 Å². The fourth-order valence-electron chi connectivity index (χ4n) is 3.51. The van der Waals surface area contributed by atoms with Crippen molar-refractivity contribution in [3.8, 4) is 17.1 Å². The van der Waals surface area contributed by atoms with E-state index < -0.39 is 5.25 Å². The van der Waals surface area contributed by atoms with Gasteiger partial charge < -0.3 is 15.3 Å². The highest BCUT2D eigenvalue weighted by molar-refractivity contribution is 8.00. The summed E-state index contributed by atoms with van der Waals surface area (Å²) in [6.45, 7) is 1.81. The van der Waals surface area contributed by atoms with E-state index >= 15 is 0 Å². The molecule has 0 bridgehead atoms. The summed E-state index contributed by atoms with van der Waals surface area (Å²) in [5.41, 5.74) is 3.34. The lowest BCUT2D eigenvalue weighted by molar-refractivity contribution is -0.115. The van der Waals surface area contributed by atoms with Gasteiger partial charge >= 0.3 is 5.69 Å². The lowest BCUT2D eigenvalue weighted by atomic mass is 10.2. The molecule has 34 heavy (non-hydrogen) atoms. The zero-order chi connectivity index (χ0) is 23.7. The van der Waals surface area contributed by atoms with E-state index in [4.69, 9.17) is 11.6 Å². The number of rotatable bonds is 6. The third-order valence-corrected chi connectivity index (χ3v) is 6.48. The number of hydrogen-bond acceptors (Lipinski definition) is 5. The van der Waals surface area contributed by atoms with Crippen LogP contribution in [0.4, 0.5) is 5.69 Å². The Hall–Kier alpha value is -3.82. The average molecular weight is 491 g/mol. The molecule has 3 aromatic carbocycles. The number of anilines is 1. The molecule has 1 atom stereocenters. The number of hydrogen-bond donors (Lipinski definition) is 3. The number of benzene rings is 3. The van der Waals surface area contributed by atoms with Gasteiger partial charge in [0.05, 0.1) is 16.3 Å². The predicted molar refractivity (Wildman–Crippen MR) is 135 cm³/mol. The molecule has 0 aliphatic carbocycles. The van der Waals surface area contributed by atoms with Crippen molar-refractivity contribution in [3.05, 3.63) is 88.3 Å². The molecule has 0 radical (unpaired) electrons. The monoisotopic (exact) mass is 490 g/mol. The van der Waals surface area contributed by atoms with Crippen LogP contribution < -0.4 is 11.0 Å². The Morgan fingerprint density at radius 3 is 2.50 bits per heavy atom. The Morgan fingerprint density at radius 2 is 1.74 bits per heavy atom. The largest absolute Gasteiger partial charge is 0.325 e. The summed E-state index contributed by atoms with van der Waals surface area (Å²) < 4.78 is 1.92. The van der Waals surface area contributed by atoms with Crippen molar-refractivity contribution in [2.75, 3.05) is 5.32 Å². The molecule has 5 rings (SSSR count). The van der Waals surface area contributed by atoms with Crippen molar-refractivity contribution in [2.45, 2.75) is 17.3 Å². The van der Waals surface area contributed by atoms with Crippen molar-refractivity contribution < 1.29 is 4.79 Å². The molecule has 0 saturated heterocycles. The molecular formula is C24H19ClN6O2S. The average Bonchev–Trinajstić information content (AvgIpc) is 3.42. The molecule has 0 aliphatic heterocycles. The van der Waals surface area contributed by atoms with Gasteiger partial charge in [0, 0.05) is 22.0 Å². The number of imidazole rings is 1.